The van der Waals surface area contributed by atoms with Crippen LogP contribution in [0, 0.1) is 12.6 Å². The number of hydrogen-bond donors (Lipinski definition) is 0. The van der Waals surface area contributed by atoms with Crippen molar-refractivity contribution < 1.29 is 4.24 Å². The SMILES string of the molecule is C=[n+]1ccc(=C2C=C[N-]c3c(CC(C)C)csc32)cc1-c1cc(C(C)(C)C)c2ccccc2c1. The lowest BCUT2D eigenvalue weighted by Gasteiger charge is -2.26. The average Bonchev–Trinajstić information content (AvgIpc) is 3.20. The van der Waals surface area contributed by atoms with Gasteiger partial charge in [0.15, 0.2) is 6.20 Å². The van der Waals surface area contributed by atoms with Gasteiger partial charge in [-0.15, -0.1) is 17.0 Å². The van der Waals surface area contributed by atoms with Crippen LogP contribution in [-0.2, 0) is 11.8 Å². The summed E-state index contributed by atoms with van der Waals surface area (Å²) in [6.07, 6.45) is 7.23. The van der Waals surface area contributed by atoms with Gasteiger partial charge in [-0.2, -0.15) is 10.4 Å². The molecule has 0 spiro atoms. The molecule has 2 aromatic carbocycles. The highest BCUT2D eigenvalue weighted by atomic mass is 32.1. The zero-order valence-electron chi connectivity index (χ0n) is 20.7. The van der Waals surface area contributed by atoms with Crippen LogP contribution < -0.4 is 9.46 Å². The highest BCUT2D eigenvalue weighted by Crippen LogP contribution is 2.43. The van der Waals surface area contributed by atoms with Gasteiger partial charge in [0.05, 0.1) is 0 Å². The summed E-state index contributed by atoms with van der Waals surface area (Å²) < 4.78 is 1.98. The van der Waals surface area contributed by atoms with Crippen LogP contribution in [0.25, 0.3) is 32.9 Å². The van der Waals surface area contributed by atoms with E-state index in [0.717, 1.165) is 17.8 Å². The number of pyridine rings is 1. The van der Waals surface area contributed by atoms with E-state index >= 15 is 0 Å². The lowest BCUT2D eigenvalue weighted by Crippen LogP contribution is -2.22. The smallest absolute Gasteiger partial charge is 0.217 e. The zero-order chi connectivity index (χ0) is 24.0. The molecule has 0 saturated heterocycles. The second-order valence-corrected chi connectivity index (χ2v) is 11.5. The number of fused-ring (bicyclic) bond motifs is 2. The molecule has 0 unspecified atom stereocenters. The van der Waals surface area contributed by atoms with E-state index in [1.54, 1.807) is 11.3 Å². The first-order valence-corrected chi connectivity index (χ1v) is 12.9. The predicted octanol–water partition coefficient (Wildman–Crippen LogP) is 7.72. The van der Waals surface area contributed by atoms with Gasteiger partial charge in [-0.1, -0.05) is 70.5 Å². The lowest BCUT2D eigenvalue weighted by molar-refractivity contribution is -0.486. The van der Waals surface area contributed by atoms with E-state index in [0.29, 0.717) is 5.92 Å². The Morgan fingerprint density at radius 3 is 2.62 bits per heavy atom. The van der Waals surface area contributed by atoms with Crippen molar-refractivity contribution in [3.63, 3.8) is 0 Å². The second-order valence-electron chi connectivity index (χ2n) is 10.7. The molecule has 34 heavy (non-hydrogen) atoms. The van der Waals surface area contributed by atoms with Crippen molar-refractivity contribution in [3.8, 4) is 11.3 Å². The summed E-state index contributed by atoms with van der Waals surface area (Å²) in [6, 6.07) is 17.8. The van der Waals surface area contributed by atoms with E-state index in [1.165, 1.54) is 43.1 Å². The van der Waals surface area contributed by atoms with Gasteiger partial charge in [0.1, 0.15) is 6.72 Å². The van der Waals surface area contributed by atoms with Crippen LogP contribution in [-0.4, -0.2) is 0 Å². The number of rotatable bonds is 3. The van der Waals surface area contributed by atoms with Crippen molar-refractivity contribution in [1.29, 1.82) is 0 Å². The van der Waals surface area contributed by atoms with Crippen LogP contribution in [0.3, 0.4) is 0 Å². The first-order chi connectivity index (χ1) is 16.2. The summed E-state index contributed by atoms with van der Waals surface area (Å²) in [5.41, 5.74) is 7.43. The van der Waals surface area contributed by atoms with Gasteiger partial charge in [-0.25, -0.2) is 0 Å². The molecule has 3 heterocycles. The molecule has 1 aliphatic rings. The van der Waals surface area contributed by atoms with Crippen LogP contribution in [0.15, 0.2) is 72.4 Å². The molecule has 0 radical (unpaired) electrons. The molecule has 1 aliphatic heterocycles. The zero-order valence-corrected chi connectivity index (χ0v) is 21.5. The first kappa shape index (κ1) is 22.6. The third-order valence-corrected chi connectivity index (χ3v) is 7.52. The molecule has 5 rings (SSSR count). The molecule has 4 aromatic rings. The molecule has 172 valence electrons. The summed E-state index contributed by atoms with van der Waals surface area (Å²) in [5, 5.41) is 10.8. The molecule has 0 N–H and O–H groups in total. The third-order valence-electron chi connectivity index (χ3n) is 6.47. The quantitative estimate of drug-likeness (QED) is 0.277. The summed E-state index contributed by atoms with van der Waals surface area (Å²) in [4.78, 5) is 1.26. The fourth-order valence-corrected chi connectivity index (χ4v) is 5.89. The van der Waals surface area contributed by atoms with Crippen LogP contribution in [0.2, 0.25) is 0 Å². The summed E-state index contributed by atoms with van der Waals surface area (Å²) in [6.45, 7) is 15.7. The van der Waals surface area contributed by atoms with Crippen LogP contribution in [0.1, 0.15) is 50.6 Å². The molecular weight excluding hydrogens is 432 g/mol. The largest absolute Gasteiger partial charge is 0.663 e. The van der Waals surface area contributed by atoms with Gasteiger partial charge in [-0.05, 0) is 62.4 Å². The van der Waals surface area contributed by atoms with E-state index in [4.69, 9.17) is 5.32 Å². The van der Waals surface area contributed by atoms with Gasteiger partial charge in [0.25, 0.3) is 0 Å². The fraction of sp³-hybridized carbons (Fsp3) is 0.258. The number of nitrogens with zero attached hydrogens (tertiary/aromatic N) is 2. The second kappa shape index (κ2) is 8.56. The maximum atomic E-state index is 4.74. The molecule has 3 heteroatoms. The number of benzene rings is 2. The molecule has 2 aromatic heterocycles. The molecule has 2 nitrogen and oxygen atoms in total. The molecule has 0 saturated carbocycles. The van der Waals surface area contributed by atoms with Gasteiger partial charge in [0.2, 0.25) is 5.69 Å². The predicted molar refractivity (Wildman–Crippen MR) is 146 cm³/mol. The topological polar surface area (TPSA) is 20.0 Å². The summed E-state index contributed by atoms with van der Waals surface area (Å²) >= 11 is 1.81. The van der Waals surface area contributed by atoms with E-state index < -0.39 is 0 Å². The van der Waals surface area contributed by atoms with Crippen molar-refractivity contribution in [2.75, 3.05) is 0 Å². The Bertz CT molecular complexity index is 1530. The van der Waals surface area contributed by atoms with Crippen molar-refractivity contribution in [1.82, 2.24) is 0 Å². The van der Waals surface area contributed by atoms with E-state index in [1.807, 2.05) is 10.4 Å². The van der Waals surface area contributed by atoms with Crippen molar-refractivity contribution in [2.45, 2.75) is 46.5 Å². The minimum Gasteiger partial charge on any atom is -0.663 e. The summed E-state index contributed by atoms with van der Waals surface area (Å²) in [5.74, 6) is 0.613. The van der Waals surface area contributed by atoms with E-state index in [9.17, 15) is 0 Å². The van der Waals surface area contributed by atoms with Gasteiger partial charge in [0, 0.05) is 22.6 Å². The Hall–Kier alpha value is -3.17. The highest BCUT2D eigenvalue weighted by Gasteiger charge is 2.20. The molecule has 0 bridgehead atoms. The monoisotopic (exact) mass is 464 g/mol. The third kappa shape index (κ3) is 4.10. The molecular formula is C31H32N2S. The van der Waals surface area contributed by atoms with Crippen LogP contribution >= 0.6 is 11.3 Å². The van der Waals surface area contributed by atoms with Gasteiger partial charge < -0.3 is 5.32 Å². The first-order valence-electron chi connectivity index (χ1n) is 12.0. The molecule has 0 amide bonds. The van der Waals surface area contributed by atoms with Crippen molar-refractivity contribution in [3.05, 3.63) is 106 Å². The molecule has 0 fully saturated rings. The maximum Gasteiger partial charge on any atom is 0.217 e. The molecule has 0 atom stereocenters. The van der Waals surface area contributed by atoms with Crippen molar-refractivity contribution >= 4 is 33.4 Å². The average molecular weight is 465 g/mol. The Morgan fingerprint density at radius 1 is 1.06 bits per heavy atom. The fourth-order valence-electron chi connectivity index (χ4n) is 4.82. The van der Waals surface area contributed by atoms with Gasteiger partial charge in [-0.3, -0.25) is 0 Å². The number of hydrogen-bond acceptors (Lipinski definition) is 1. The minimum atomic E-state index is 0.0419. The number of aromatic nitrogens is 1. The minimum absolute atomic E-state index is 0.0419. The number of allylic oxidation sites excluding steroid dienone is 1. The summed E-state index contributed by atoms with van der Waals surface area (Å²) in [7, 11) is 0. The number of thiophene rings is 1. The maximum absolute atomic E-state index is 4.74. The van der Waals surface area contributed by atoms with E-state index in [-0.39, 0.29) is 5.41 Å². The lowest BCUT2D eigenvalue weighted by atomic mass is 9.82. The Labute approximate surface area is 206 Å². The molecule has 0 aliphatic carbocycles. The van der Waals surface area contributed by atoms with Crippen LogP contribution in [0.4, 0.5) is 5.69 Å². The van der Waals surface area contributed by atoms with Crippen LogP contribution in [0.5, 0.6) is 0 Å². The standard InChI is InChI=1S/C31H32N2S/c1-20(2)15-24-19-34-30-26(11-13-32-29(24)30)22-12-14-33(6)28(18-22)23-16-21-9-7-8-10-25(21)27(17-23)31(3,4)5/h7-14,16-20H,6,15H2,1-5H3. The van der Waals surface area contributed by atoms with Crippen molar-refractivity contribution in [2.24, 2.45) is 5.92 Å². The Morgan fingerprint density at radius 2 is 1.85 bits per heavy atom. The Kier molecular flexibility index (Phi) is 5.69. The normalized spacial score (nSPS) is 15.0. The van der Waals surface area contributed by atoms with E-state index in [2.05, 4.69) is 108 Å². The highest BCUT2D eigenvalue weighted by molar-refractivity contribution is 7.12. The Balaban J connectivity index is 1.72. The van der Waals surface area contributed by atoms with Gasteiger partial charge >= 0.3 is 0 Å².